The van der Waals surface area contributed by atoms with Gasteiger partial charge in [0, 0.05) is 25.8 Å². The zero-order chi connectivity index (χ0) is 8.55. The summed E-state index contributed by atoms with van der Waals surface area (Å²) in [6, 6.07) is 0.633. The molecule has 0 radical (unpaired) electrons. The molecule has 0 N–H and O–H groups in total. The number of allylic oxidation sites excluding steroid dienone is 2. The molecular weight excluding hydrogens is 148 g/mol. The van der Waals surface area contributed by atoms with E-state index in [1.54, 1.807) is 0 Å². The van der Waals surface area contributed by atoms with E-state index >= 15 is 0 Å². The van der Waals surface area contributed by atoms with Gasteiger partial charge in [-0.05, 0) is 19.5 Å². The van der Waals surface area contributed by atoms with Crippen LogP contribution in [0.2, 0.25) is 0 Å². The number of rotatable bonds is 0. The minimum atomic E-state index is 0.633. The second kappa shape index (κ2) is 2.94. The van der Waals surface area contributed by atoms with Crippen molar-refractivity contribution in [2.45, 2.75) is 12.5 Å². The van der Waals surface area contributed by atoms with Gasteiger partial charge in [0.05, 0.1) is 6.04 Å². The van der Waals surface area contributed by atoms with E-state index in [2.05, 4.69) is 42.1 Å². The van der Waals surface area contributed by atoms with Gasteiger partial charge in [0.25, 0.3) is 0 Å². The van der Waals surface area contributed by atoms with Gasteiger partial charge in [-0.25, -0.2) is 0 Å². The summed E-state index contributed by atoms with van der Waals surface area (Å²) in [4.78, 5) is 4.81. The molecule has 1 heterocycles. The Kier molecular flexibility index (Phi) is 1.93. The molecule has 2 aliphatic rings. The highest BCUT2D eigenvalue weighted by Crippen LogP contribution is 2.23. The maximum Gasteiger partial charge on any atom is 0.0529 e. The standard InChI is InChI=1S/C10H16N2/c1-11-7-8-12(2)10-6-4-3-5-9(10)11/h3-5,10H,6-8H2,1-2H3. The summed E-state index contributed by atoms with van der Waals surface area (Å²) in [6.45, 7) is 2.35. The Hall–Kier alpha value is -0.760. The van der Waals surface area contributed by atoms with Gasteiger partial charge in [-0.15, -0.1) is 0 Å². The molecule has 1 aliphatic heterocycles. The topological polar surface area (TPSA) is 6.48 Å². The lowest BCUT2D eigenvalue weighted by molar-refractivity contribution is 0.163. The fourth-order valence-corrected chi connectivity index (χ4v) is 1.99. The van der Waals surface area contributed by atoms with Crippen molar-refractivity contribution >= 4 is 0 Å². The zero-order valence-electron chi connectivity index (χ0n) is 7.83. The van der Waals surface area contributed by atoms with E-state index in [-0.39, 0.29) is 0 Å². The molecule has 0 spiro atoms. The molecule has 12 heavy (non-hydrogen) atoms. The van der Waals surface area contributed by atoms with Gasteiger partial charge < -0.3 is 4.90 Å². The minimum Gasteiger partial charge on any atom is -0.375 e. The van der Waals surface area contributed by atoms with Gasteiger partial charge in [-0.1, -0.05) is 12.2 Å². The Morgan fingerprint density at radius 2 is 2.17 bits per heavy atom. The van der Waals surface area contributed by atoms with Crippen LogP contribution in [0.3, 0.4) is 0 Å². The van der Waals surface area contributed by atoms with Crippen LogP contribution < -0.4 is 0 Å². The van der Waals surface area contributed by atoms with Crippen LogP contribution in [0.1, 0.15) is 6.42 Å². The lowest BCUT2D eigenvalue weighted by Crippen LogP contribution is -2.48. The first-order valence-corrected chi connectivity index (χ1v) is 4.57. The van der Waals surface area contributed by atoms with Crippen molar-refractivity contribution in [2.75, 3.05) is 27.2 Å². The first-order valence-electron chi connectivity index (χ1n) is 4.57. The number of fused-ring (bicyclic) bond motifs is 1. The molecule has 0 amide bonds. The fraction of sp³-hybridized carbons (Fsp3) is 0.600. The van der Waals surface area contributed by atoms with Crippen molar-refractivity contribution in [2.24, 2.45) is 0 Å². The second-order valence-corrected chi connectivity index (χ2v) is 3.67. The van der Waals surface area contributed by atoms with Crippen LogP contribution in [-0.4, -0.2) is 43.0 Å². The third kappa shape index (κ3) is 1.16. The molecule has 0 bridgehead atoms. The van der Waals surface area contributed by atoms with Crippen LogP contribution in [0.25, 0.3) is 0 Å². The van der Waals surface area contributed by atoms with Crippen molar-refractivity contribution < 1.29 is 0 Å². The second-order valence-electron chi connectivity index (χ2n) is 3.67. The Morgan fingerprint density at radius 3 is 2.92 bits per heavy atom. The molecular formula is C10H16N2. The van der Waals surface area contributed by atoms with Crippen LogP contribution in [-0.2, 0) is 0 Å². The summed E-state index contributed by atoms with van der Waals surface area (Å²) in [5, 5.41) is 0. The molecule has 0 aromatic rings. The zero-order valence-corrected chi connectivity index (χ0v) is 7.83. The smallest absolute Gasteiger partial charge is 0.0529 e. The lowest BCUT2D eigenvalue weighted by Gasteiger charge is -2.41. The van der Waals surface area contributed by atoms with Gasteiger partial charge >= 0.3 is 0 Å². The lowest BCUT2D eigenvalue weighted by atomic mass is 10.0. The van der Waals surface area contributed by atoms with Crippen molar-refractivity contribution in [3.63, 3.8) is 0 Å². The monoisotopic (exact) mass is 164 g/mol. The van der Waals surface area contributed by atoms with E-state index < -0.39 is 0 Å². The number of hydrogen-bond acceptors (Lipinski definition) is 2. The van der Waals surface area contributed by atoms with Crippen LogP contribution in [0.15, 0.2) is 23.9 Å². The van der Waals surface area contributed by atoms with Crippen LogP contribution >= 0.6 is 0 Å². The first-order chi connectivity index (χ1) is 5.79. The molecule has 2 heteroatoms. The van der Waals surface area contributed by atoms with E-state index in [9.17, 15) is 0 Å². The third-order valence-corrected chi connectivity index (χ3v) is 2.86. The van der Waals surface area contributed by atoms with E-state index in [1.807, 2.05) is 0 Å². The van der Waals surface area contributed by atoms with E-state index in [1.165, 1.54) is 18.7 Å². The Bertz CT molecular complexity index is 230. The minimum absolute atomic E-state index is 0.633. The van der Waals surface area contributed by atoms with Gasteiger partial charge in [-0.3, -0.25) is 4.90 Å². The summed E-state index contributed by atoms with van der Waals surface area (Å²) >= 11 is 0. The van der Waals surface area contributed by atoms with Crippen molar-refractivity contribution in [1.82, 2.24) is 9.80 Å². The fourth-order valence-electron chi connectivity index (χ4n) is 1.99. The summed E-state index contributed by atoms with van der Waals surface area (Å²) in [6.07, 6.45) is 7.84. The maximum atomic E-state index is 2.44. The summed E-state index contributed by atoms with van der Waals surface area (Å²) in [7, 11) is 4.40. The quantitative estimate of drug-likeness (QED) is 0.528. The maximum absolute atomic E-state index is 2.44. The van der Waals surface area contributed by atoms with Gasteiger partial charge in [0.15, 0.2) is 0 Å². The average molecular weight is 164 g/mol. The SMILES string of the molecule is CN1CCN(C)C2CC=CC=C21. The average Bonchev–Trinajstić information content (AvgIpc) is 2.12. The highest BCUT2D eigenvalue weighted by atomic mass is 15.3. The van der Waals surface area contributed by atoms with Crippen molar-refractivity contribution in [3.05, 3.63) is 23.9 Å². The van der Waals surface area contributed by atoms with Crippen LogP contribution in [0, 0.1) is 0 Å². The number of likely N-dealkylation sites (N-methyl/N-ethyl adjacent to an activating group) is 2. The highest BCUT2D eigenvalue weighted by molar-refractivity contribution is 5.24. The molecule has 1 fully saturated rings. The molecule has 1 aliphatic carbocycles. The molecule has 0 aromatic heterocycles. The van der Waals surface area contributed by atoms with Gasteiger partial charge in [0.2, 0.25) is 0 Å². The largest absolute Gasteiger partial charge is 0.375 e. The predicted molar refractivity (Wildman–Crippen MR) is 50.9 cm³/mol. The molecule has 66 valence electrons. The Morgan fingerprint density at radius 1 is 1.33 bits per heavy atom. The Balaban J connectivity index is 2.23. The van der Waals surface area contributed by atoms with Gasteiger partial charge in [-0.2, -0.15) is 0 Å². The highest BCUT2D eigenvalue weighted by Gasteiger charge is 2.26. The van der Waals surface area contributed by atoms with Gasteiger partial charge in [0.1, 0.15) is 0 Å². The molecule has 1 unspecified atom stereocenters. The molecule has 1 atom stereocenters. The molecule has 0 aromatic carbocycles. The first kappa shape index (κ1) is 7.87. The van der Waals surface area contributed by atoms with Crippen molar-refractivity contribution in [1.29, 1.82) is 0 Å². The summed E-state index contributed by atoms with van der Waals surface area (Å²) < 4.78 is 0. The molecule has 2 rings (SSSR count). The van der Waals surface area contributed by atoms with Crippen molar-refractivity contribution in [3.8, 4) is 0 Å². The molecule has 0 saturated carbocycles. The third-order valence-electron chi connectivity index (χ3n) is 2.86. The molecule has 2 nitrogen and oxygen atoms in total. The number of hydrogen-bond donors (Lipinski definition) is 0. The summed E-state index contributed by atoms with van der Waals surface area (Å²) in [5.41, 5.74) is 1.48. The van der Waals surface area contributed by atoms with E-state index in [0.717, 1.165) is 6.54 Å². The van der Waals surface area contributed by atoms with E-state index in [4.69, 9.17) is 0 Å². The number of piperazine rings is 1. The Labute approximate surface area is 74.2 Å². The normalized spacial score (nSPS) is 30.0. The predicted octanol–water partition coefficient (Wildman–Crippen LogP) is 1.08. The summed E-state index contributed by atoms with van der Waals surface area (Å²) in [5.74, 6) is 0. The van der Waals surface area contributed by atoms with E-state index in [0.29, 0.717) is 6.04 Å². The molecule has 1 saturated heterocycles. The van der Waals surface area contributed by atoms with Crippen LogP contribution in [0.4, 0.5) is 0 Å². The van der Waals surface area contributed by atoms with Crippen LogP contribution in [0.5, 0.6) is 0 Å². The number of nitrogens with zero attached hydrogens (tertiary/aromatic N) is 2.